The summed E-state index contributed by atoms with van der Waals surface area (Å²) in [6, 6.07) is 5.77. The summed E-state index contributed by atoms with van der Waals surface area (Å²) in [5, 5.41) is 0. The Morgan fingerprint density at radius 1 is 1.43 bits per heavy atom. The molecule has 2 rings (SSSR count). The van der Waals surface area contributed by atoms with Crippen LogP contribution in [-0.2, 0) is 9.53 Å². The van der Waals surface area contributed by atoms with Gasteiger partial charge >= 0.3 is 5.97 Å². The first-order valence-corrected chi connectivity index (χ1v) is 7.26. The first kappa shape index (κ1) is 15.6. The van der Waals surface area contributed by atoms with Gasteiger partial charge in [-0.1, -0.05) is 6.07 Å². The van der Waals surface area contributed by atoms with Gasteiger partial charge in [-0.2, -0.15) is 0 Å². The molecule has 0 bridgehead atoms. The number of methoxy groups -OCH3 is 1. The molecule has 1 aromatic carbocycles. The number of hydrogen-bond acceptors (Lipinski definition) is 5. The Labute approximate surface area is 125 Å². The third-order valence-corrected chi connectivity index (χ3v) is 3.80. The number of aryl methyl sites for hydroxylation is 1. The highest BCUT2D eigenvalue weighted by atomic mass is 16.5. The van der Waals surface area contributed by atoms with E-state index in [1.807, 2.05) is 25.1 Å². The fraction of sp³-hybridized carbons (Fsp3) is 0.562. The molecule has 0 aliphatic heterocycles. The van der Waals surface area contributed by atoms with Crippen LogP contribution in [0.4, 0.5) is 0 Å². The van der Waals surface area contributed by atoms with Crippen molar-refractivity contribution >= 4 is 5.97 Å². The molecular weight excluding hydrogens is 270 g/mol. The molecule has 5 nitrogen and oxygen atoms in total. The molecule has 0 radical (unpaired) electrons. The summed E-state index contributed by atoms with van der Waals surface area (Å²) in [4.78, 5) is 11.9. The Kier molecular flexibility index (Phi) is 4.73. The highest BCUT2D eigenvalue weighted by Gasteiger charge is 2.44. The minimum atomic E-state index is -0.932. The number of carbonyl (C=O) groups is 1. The van der Waals surface area contributed by atoms with E-state index in [1.165, 1.54) is 0 Å². The number of carbonyl (C=O) groups excluding carboxylic acids is 1. The zero-order valence-corrected chi connectivity index (χ0v) is 12.8. The predicted molar refractivity (Wildman–Crippen MR) is 79.5 cm³/mol. The molecule has 1 saturated carbocycles. The minimum absolute atomic E-state index is 0.101. The predicted octanol–water partition coefficient (Wildman–Crippen LogP) is 2.20. The monoisotopic (exact) mass is 293 g/mol. The molecule has 2 N–H and O–H groups in total. The Bertz CT molecular complexity index is 517. The van der Waals surface area contributed by atoms with Crippen molar-refractivity contribution in [2.75, 3.05) is 13.7 Å². The van der Waals surface area contributed by atoms with Gasteiger partial charge in [-0.05, 0) is 44.4 Å². The van der Waals surface area contributed by atoms with Crippen LogP contribution in [0.15, 0.2) is 18.2 Å². The van der Waals surface area contributed by atoms with Crippen molar-refractivity contribution < 1.29 is 19.0 Å². The fourth-order valence-electron chi connectivity index (χ4n) is 2.64. The highest BCUT2D eigenvalue weighted by Crippen LogP contribution is 2.35. The quantitative estimate of drug-likeness (QED) is 0.843. The van der Waals surface area contributed by atoms with Gasteiger partial charge in [0.25, 0.3) is 0 Å². The summed E-state index contributed by atoms with van der Waals surface area (Å²) in [5.74, 6) is 1.04. The van der Waals surface area contributed by atoms with E-state index in [9.17, 15) is 4.79 Å². The van der Waals surface area contributed by atoms with Gasteiger partial charge in [-0.15, -0.1) is 0 Å². The van der Waals surface area contributed by atoms with Crippen molar-refractivity contribution in [2.24, 2.45) is 5.73 Å². The van der Waals surface area contributed by atoms with E-state index in [2.05, 4.69) is 0 Å². The van der Waals surface area contributed by atoms with Crippen molar-refractivity contribution in [1.82, 2.24) is 0 Å². The summed E-state index contributed by atoms with van der Waals surface area (Å²) in [5.41, 5.74) is 6.31. The Balaban J connectivity index is 2.04. The van der Waals surface area contributed by atoms with Crippen molar-refractivity contribution in [3.8, 4) is 11.5 Å². The second-order valence-electron chi connectivity index (χ2n) is 5.51. The van der Waals surface area contributed by atoms with Crippen LogP contribution in [0, 0.1) is 6.92 Å². The topological polar surface area (TPSA) is 70.8 Å². The van der Waals surface area contributed by atoms with E-state index in [1.54, 1.807) is 14.0 Å². The molecule has 1 aliphatic rings. The number of rotatable bonds is 5. The summed E-state index contributed by atoms with van der Waals surface area (Å²) in [6.45, 7) is 4.12. The third kappa shape index (κ3) is 3.47. The van der Waals surface area contributed by atoms with Crippen LogP contribution in [0.25, 0.3) is 0 Å². The van der Waals surface area contributed by atoms with Crippen molar-refractivity contribution in [3.63, 3.8) is 0 Å². The molecular formula is C16H23NO4. The smallest absolute Gasteiger partial charge is 0.326 e. The molecule has 2 unspecified atom stereocenters. The Morgan fingerprint density at radius 3 is 2.86 bits per heavy atom. The molecule has 0 spiro atoms. The number of esters is 1. The molecule has 5 heteroatoms. The van der Waals surface area contributed by atoms with E-state index in [-0.39, 0.29) is 12.1 Å². The van der Waals surface area contributed by atoms with Crippen LogP contribution < -0.4 is 15.2 Å². The maximum Gasteiger partial charge on any atom is 0.326 e. The van der Waals surface area contributed by atoms with Gasteiger partial charge in [0.05, 0.1) is 13.7 Å². The Hall–Kier alpha value is -1.75. The second-order valence-corrected chi connectivity index (χ2v) is 5.51. The van der Waals surface area contributed by atoms with E-state index in [0.717, 1.165) is 12.0 Å². The molecule has 0 amide bonds. The first-order chi connectivity index (χ1) is 9.98. The second kappa shape index (κ2) is 6.35. The SMILES string of the molecule is CCOC(=O)C1(N)CCC(Oc2ccc(C)cc2OC)C1. The summed E-state index contributed by atoms with van der Waals surface area (Å²) >= 11 is 0. The molecule has 1 aromatic rings. The van der Waals surface area contributed by atoms with E-state index in [4.69, 9.17) is 19.9 Å². The zero-order chi connectivity index (χ0) is 15.5. The maximum absolute atomic E-state index is 11.9. The van der Waals surface area contributed by atoms with Crippen LogP contribution in [0.3, 0.4) is 0 Å². The van der Waals surface area contributed by atoms with Gasteiger partial charge < -0.3 is 19.9 Å². The van der Waals surface area contributed by atoms with Crippen molar-refractivity contribution in [3.05, 3.63) is 23.8 Å². The van der Waals surface area contributed by atoms with Crippen molar-refractivity contribution in [1.29, 1.82) is 0 Å². The average Bonchev–Trinajstić information content (AvgIpc) is 2.84. The maximum atomic E-state index is 11.9. The van der Waals surface area contributed by atoms with Crippen LogP contribution >= 0.6 is 0 Å². The van der Waals surface area contributed by atoms with E-state index in [0.29, 0.717) is 30.9 Å². The third-order valence-electron chi connectivity index (χ3n) is 3.80. The van der Waals surface area contributed by atoms with Crippen LogP contribution in [0.1, 0.15) is 31.7 Å². The first-order valence-electron chi connectivity index (χ1n) is 7.26. The molecule has 2 atom stereocenters. The lowest BCUT2D eigenvalue weighted by Gasteiger charge is -2.22. The standard InChI is InChI=1S/C16H23NO4/c1-4-20-15(18)16(17)8-7-12(10-16)21-13-6-5-11(2)9-14(13)19-3/h5-6,9,12H,4,7-8,10,17H2,1-3H3. The largest absolute Gasteiger partial charge is 0.493 e. The molecule has 0 aromatic heterocycles. The van der Waals surface area contributed by atoms with Gasteiger partial charge in [0.2, 0.25) is 0 Å². The number of benzene rings is 1. The fourth-order valence-corrected chi connectivity index (χ4v) is 2.64. The van der Waals surface area contributed by atoms with Crippen molar-refractivity contribution in [2.45, 2.75) is 44.8 Å². The lowest BCUT2D eigenvalue weighted by Crippen LogP contribution is -2.47. The molecule has 0 heterocycles. The van der Waals surface area contributed by atoms with Gasteiger partial charge in [-0.3, -0.25) is 4.79 Å². The van der Waals surface area contributed by atoms with Gasteiger partial charge in [-0.25, -0.2) is 0 Å². The normalized spacial score (nSPS) is 24.7. The summed E-state index contributed by atoms with van der Waals surface area (Å²) in [7, 11) is 1.61. The average molecular weight is 293 g/mol. The molecule has 116 valence electrons. The minimum Gasteiger partial charge on any atom is -0.493 e. The lowest BCUT2D eigenvalue weighted by molar-refractivity contribution is -0.149. The van der Waals surface area contributed by atoms with Crippen LogP contribution in [0.5, 0.6) is 11.5 Å². The van der Waals surface area contributed by atoms with E-state index < -0.39 is 5.54 Å². The van der Waals surface area contributed by atoms with Gasteiger partial charge in [0, 0.05) is 6.42 Å². The van der Waals surface area contributed by atoms with Gasteiger partial charge in [0.15, 0.2) is 11.5 Å². The number of nitrogens with two attached hydrogens (primary N) is 1. The van der Waals surface area contributed by atoms with Gasteiger partial charge in [0.1, 0.15) is 11.6 Å². The number of hydrogen-bond donors (Lipinski definition) is 1. The summed E-state index contributed by atoms with van der Waals surface area (Å²) < 4.78 is 16.3. The molecule has 21 heavy (non-hydrogen) atoms. The number of ether oxygens (including phenoxy) is 3. The highest BCUT2D eigenvalue weighted by molar-refractivity contribution is 5.81. The molecule has 0 saturated heterocycles. The zero-order valence-electron chi connectivity index (χ0n) is 12.8. The summed E-state index contributed by atoms with van der Waals surface area (Å²) in [6.07, 6.45) is 1.66. The lowest BCUT2D eigenvalue weighted by atomic mass is 9.99. The Morgan fingerprint density at radius 2 is 2.19 bits per heavy atom. The van der Waals surface area contributed by atoms with E-state index >= 15 is 0 Å². The molecule has 1 fully saturated rings. The van der Waals surface area contributed by atoms with Crippen LogP contribution in [0.2, 0.25) is 0 Å². The van der Waals surface area contributed by atoms with Crippen LogP contribution in [-0.4, -0.2) is 31.3 Å². The molecule has 1 aliphatic carbocycles.